The molecule has 1 saturated heterocycles. The van der Waals surface area contributed by atoms with E-state index in [0.29, 0.717) is 29.9 Å². The zero-order valence-corrected chi connectivity index (χ0v) is 18.3. The smallest absolute Gasteiger partial charge is 0.295 e. The van der Waals surface area contributed by atoms with Crippen molar-refractivity contribution in [3.05, 3.63) is 83.4 Å². The van der Waals surface area contributed by atoms with Crippen LogP contribution in [0, 0.1) is 6.92 Å². The summed E-state index contributed by atoms with van der Waals surface area (Å²) in [6.45, 7) is 2.75. The Morgan fingerprint density at radius 2 is 1.78 bits per heavy atom. The van der Waals surface area contributed by atoms with E-state index >= 15 is 0 Å². The molecule has 2 aromatic heterocycles. The molecular formula is C24H25N5O3. The summed E-state index contributed by atoms with van der Waals surface area (Å²) in [5.41, 5.74) is 2.70. The van der Waals surface area contributed by atoms with Gasteiger partial charge in [-0.15, -0.1) is 0 Å². The third-order valence-corrected chi connectivity index (χ3v) is 5.62. The van der Waals surface area contributed by atoms with Crippen LogP contribution >= 0.6 is 0 Å². The van der Waals surface area contributed by atoms with Crippen LogP contribution in [0.3, 0.4) is 0 Å². The van der Waals surface area contributed by atoms with Gasteiger partial charge >= 0.3 is 0 Å². The molecule has 4 rings (SSSR count). The lowest BCUT2D eigenvalue weighted by Crippen LogP contribution is -2.35. The molecule has 0 bridgehead atoms. The first-order valence-electron chi connectivity index (χ1n) is 10.3. The van der Waals surface area contributed by atoms with E-state index in [1.807, 2.05) is 56.3 Å². The van der Waals surface area contributed by atoms with E-state index in [1.54, 1.807) is 29.2 Å². The van der Waals surface area contributed by atoms with E-state index in [2.05, 4.69) is 10.1 Å². The summed E-state index contributed by atoms with van der Waals surface area (Å²) in [4.78, 5) is 33.5. The number of carbonyl (C=O) groups excluding carboxylic acids is 2. The molecule has 1 atom stereocenters. The maximum atomic E-state index is 13.1. The van der Waals surface area contributed by atoms with Crippen molar-refractivity contribution in [2.75, 3.05) is 27.2 Å². The van der Waals surface area contributed by atoms with Gasteiger partial charge in [0.2, 0.25) is 0 Å². The van der Waals surface area contributed by atoms with Crippen molar-refractivity contribution in [1.29, 1.82) is 0 Å². The number of Topliss-reactive ketones (excluding diaryl/α,β-unsaturated/α-hetero) is 1. The van der Waals surface area contributed by atoms with E-state index in [4.69, 9.17) is 0 Å². The minimum Gasteiger partial charge on any atom is -0.507 e. The topological polar surface area (TPSA) is 91.6 Å². The molecule has 3 aromatic rings. The summed E-state index contributed by atoms with van der Waals surface area (Å²) in [6, 6.07) is 12.3. The first kappa shape index (κ1) is 21.5. The minimum atomic E-state index is -0.699. The van der Waals surface area contributed by atoms with Crippen LogP contribution in [0.4, 0.5) is 0 Å². The number of aliphatic hydroxyl groups is 1. The fraction of sp³-hybridized carbons (Fsp3) is 0.250. The summed E-state index contributed by atoms with van der Waals surface area (Å²) >= 11 is 0. The molecule has 32 heavy (non-hydrogen) atoms. The van der Waals surface area contributed by atoms with Crippen molar-refractivity contribution in [2.45, 2.75) is 13.0 Å². The molecule has 0 aliphatic carbocycles. The van der Waals surface area contributed by atoms with Gasteiger partial charge in [-0.1, -0.05) is 18.2 Å². The average molecular weight is 431 g/mol. The lowest BCUT2D eigenvalue weighted by Gasteiger charge is -2.26. The number of hydrogen-bond donors (Lipinski definition) is 1. The number of rotatable bonds is 6. The SMILES string of the molecule is Cc1c(/C(O)=C2/C(=O)C(=O)N(CCN(C)C)C2c2ccncc2)cnn1-c1ccccc1. The quantitative estimate of drug-likeness (QED) is 0.366. The fourth-order valence-corrected chi connectivity index (χ4v) is 3.93. The first-order chi connectivity index (χ1) is 15.4. The van der Waals surface area contributed by atoms with Gasteiger partial charge in [-0.25, -0.2) is 4.68 Å². The lowest BCUT2D eigenvalue weighted by molar-refractivity contribution is -0.140. The molecule has 0 radical (unpaired) electrons. The second-order valence-corrected chi connectivity index (χ2v) is 7.97. The molecule has 8 heteroatoms. The number of benzene rings is 1. The number of nitrogens with zero attached hydrogens (tertiary/aromatic N) is 5. The first-order valence-corrected chi connectivity index (χ1v) is 10.3. The molecule has 1 aliphatic heterocycles. The van der Waals surface area contributed by atoms with Gasteiger partial charge in [0.05, 0.1) is 34.8 Å². The largest absolute Gasteiger partial charge is 0.507 e. The van der Waals surface area contributed by atoms with E-state index in [9.17, 15) is 14.7 Å². The summed E-state index contributed by atoms with van der Waals surface area (Å²) in [6.07, 6.45) is 4.74. The summed E-state index contributed by atoms with van der Waals surface area (Å²) in [5.74, 6) is -1.55. The Labute approximate surface area is 186 Å². The Hall–Kier alpha value is -3.78. The molecule has 0 saturated carbocycles. The van der Waals surface area contributed by atoms with Crippen LogP contribution in [0.5, 0.6) is 0 Å². The number of likely N-dealkylation sites (tertiary alicyclic amines) is 1. The molecule has 1 aliphatic rings. The van der Waals surface area contributed by atoms with Gasteiger partial charge in [0, 0.05) is 25.5 Å². The predicted molar refractivity (Wildman–Crippen MR) is 120 cm³/mol. The second kappa shape index (κ2) is 8.76. The van der Waals surface area contributed by atoms with Gasteiger partial charge in [0.1, 0.15) is 5.76 Å². The molecular weight excluding hydrogens is 406 g/mol. The Kier molecular flexibility index (Phi) is 5.87. The van der Waals surface area contributed by atoms with Crippen molar-refractivity contribution < 1.29 is 14.7 Å². The Morgan fingerprint density at radius 1 is 1.09 bits per heavy atom. The van der Waals surface area contributed by atoms with Crippen LogP contribution in [0.15, 0.2) is 66.6 Å². The van der Waals surface area contributed by atoms with Crippen LogP contribution in [0.2, 0.25) is 0 Å². The van der Waals surface area contributed by atoms with Crippen molar-refractivity contribution in [3.8, 4) is 5.69 Å². The van der Waals surface area contributed by atoms with Gasteiger partial charge < -0.3 is 14.9 Å². The molecule has 3 heterocycles. The van der Waals surface area contributed by atoms with Crippen molar-refractivity contribution in [2.24, 2.45) is 0 Å². The molecule has 1 amide bonds. The molecule has 1 unspecified atom stereocenters. The van der Waals surface area contributed by atoms with Gasteiger partial charge in [-0.05, 0) is 50.8 Å². The number of hydrogen-bond acceptors (Lipinski definition) is 6. The summed E-state index contributed by atoms with van der Waals surface area (Å²) in [5, 5.41) is 15.7. The Bertz CT molecular complexity index is 1170. The summed E-state index contributed by atoms with van der Waals surface area (Å²) in [7, 11) is 3.80. The Morgan fingerprint density at radius 3 is 2.44 bits per heavy atom. The zero-order valence-electron chi connectivity index (χ0n) is 18.3. The summed E-state index contributed by atoms with van der Waals surface area (Å²) < 4.78 is 1.69. The lowest BCUT2D eigenvalue weighted by atomic mass is 9.96. The van der Waals surface area contributed by atoms with Crippen molar-refractivity contribution in [3.63, 3.8) is 0 Å². The van der Waals surface area contributed by atoms with Crippen LogP contribution in [-0.4, -0.2) is 68.5 Å². The van der Waals surface area contributed by atoms with Gasteiger partial charge in [0.25, 0.3) is 11.7 Å². The Balaban J connectivity index is 1.83. The standard InChI is InChI=1S/C24H25N5O3/c1-16-19(15-26-29(16)18-7-5-4-6-8-18)22(30)20-21(17-9-11-25-12-10-17)28(14-13-27(2)3)24(32)23(20)31/h4-12,15,21,30H,13-14H2,1-3H3/b22-20-. The average Bonchev–Trinajstić information content (AvgIpc) is 3.30. The molecule has 8 nitrogen and oxygen atoms in total. The normalized spacial score (nSPS) is 18.0. The van der Waals surface area contributed by atoms with Crippen LogP contribution in [0.25, 0.3) is 11.4 Å². The van der Waals surface area contributed by atoms with E-state index in [0.717, 1.165) is 5.69 Å². The van der Waals surface area contributed by atoms with E-state index in [1.165, 1.54) is 11.1 Å². The second-order valence-electron chi connectivity index (χ2n) is 7.97. The molecule has 1 N–H and O–H groups in total. The van der Waals surface area contributed by atoms with Gasteiger partial charge in [-0.2, -0.15) is 5.10 Å². The monoisotopic (exact) mass is 431 g/mol. The molecule has 0 spiro atoms. The van der Waals surface area contributed by atoms with Crippen LogP contribution in [0.1, 0.15) is 22.9 Å². The van der Waals surface area contributed by atoms with Crippen molar-refractivity contribution >= 4 is 17.4 Å². The third kappa shape index (κ3) is 3.80. The number of aromatic nitrogens is 3. The van der Waals surface area contributed by atoms with Gasteiger partial charge in [-0.3, -0.25) is 14.6 Å². The number of ketones is 1. The van der Waals surface area contributed by atoms with E-state index < -0.39 is 17.7 Å². The third-order valence-electron chi connectivity index (χ3n) is 5.62. The highest BCUT2D eigenvalue weighted by Gasteiger charge is 2.46. The maximum Gasteiger partial charge on any atom is 0.295 e. The number of para-hydroxylation sites is 1. The molecule has 1 aromatic carbocycles. The predicted octanol–water partition coefficient (Wildman–Crippen LogP) is 2.56. The zero-order chi connectivity index (χ0) is 22.8. The number of pyridine rings is 1. The highest BCUT2D eigenvalue weighted by Crippen LogP contribution is 2.39. The number of aliphatic hydroxyl groups excluding tert-OH is 1. The van der Waals surface area contributed by atoms with E-state index in [-0.39, 0.29) is 11.3 Å². The molecule has 1 fully saturated rings. The van der Waals surface area contributed by atoms with Crippen LogP contribution in [-0.2, 0) is 9.59 Å². The number of carbonyl (C=O) groups is 2. The van der Waals surface area contributed by atoms with Gasteiger partial charge in [0.15, 0.2) is 0 Å². The highest BCUT2D eigenvalue weighted by molar-refractivity contribution is 6.46. The molecule has 164 valence electrons. The maximum absolute atomic E-state index is 13.1. The highest BCUT2D eigenvalue weighted by atomic mass is 16.3. The minimum absolute atomic E-state index is 0.0654. The van der Waals surface area contributed by atoms with Crippen molar-refractivity contribution in [1.82, 2.24) is 24.6 Å². The number of likely N-dealkylation sites (N-methyl/N-ethyl adjacent to an activating group) is 1. The van der Waals surface area contributed by atoms with Crippen LogP contribution < -0.4 is 0 Å². The number of amides is 1. The fourth-order valence-electron chi connectivity index (χ4n) is 3.93.